The Balaban J connectivity index is 3.00. The van der Waals surface area contributed by atoms with Gasteiger partial charge in [0.25, 0.3) is 0 Å². The summed E-state index contributed by atoms with van der Waals surface area (Å²) in [5, 5.41) is 0. The molecule has 0 unspecified atom stereocenters. The van der Waals surface area contributed by atoms with Gasteiger partial charge in [-0.3, -0.25) is 4.79 Å². The van der Waals surface area contributed by atoms with Gasteiger partial charge in [-0.05, 0) is 0 Å². The van der Waals surface area contributed by atoms with E-state index in [2.05, 4.69) is 27.0 Å². The summed E-state index contributed by atoms with van der Waals surface area (Å²) >= 11 is 0. The van der Waals surface area contributed by atoms with Gasteiger partial charge in [-0.1, -0.05) is 26.0 Å². The zero-order valence-electron chi connectivity index (χ0n) is 9.01. The number of carbonyl (C=O) groups excluding carboxylic acids is 1. The van der Waals surface area contributed by atoms with Crippen molar-refractivity contribution in [1.82, 2.24) is 0 Å². The maximum atomic E-state index is 11.3. The van der Waals surface area contributed by atoms with Crippen LogP contribution in [0.15, 0.2) is 25.3 Å². The first-order valence-corrected chi connectivity index (χ1v) is 4.91. The molecule has 0 aliphatic carbocycles. The summed E-state index contributed by atoms with van der Waals surface area (Å²) in [4.78, 5) is 11.3. The van der Waals surface area contributed by atoms with Crippen molar-refractivity contribution < 1.29 is 9.53 Å². The third-order valence-electron chi connectivity index (χ3n) is 3.08. The Kier molecular flexibility index (Phi) is 2.84. The summed E-state index contributed by atoms with van der Waals surface area (Å²) in [7, 11) is 0. The molecule has 1 fully saturated rings. The van der Waals surface area contributed by atoms with Crippen molar-refractivity contribution in [3.63, 3.8) is 0 Å². The largest absolute Gasteiger partial charge is 0.458 e. The van der Waals surface area contributed by atoms with Crippen molar-refractivity contribution in [2.75, 3.05) is 0 Å². The van der Waals surface area contributed by atoms with Crippen molar-refractivity contribution in [2.45, 2.75) is 38.7 Å². The molecule has 0 aromatic rings. The van der Waals surface area contributed by atoms with E-state index in [1.54, 1.807) is 0 Å². The van der Waals surface area contributed by atoms with Crippen LogP contribution < -0.4 is 0 Å². The normalized spacial score (nSPS) is 22.9. The van der Waals surface area contributed by atoms with E-state index in [-0.39, 0.29) is 11.4 Å². The van der Waals surface area contributed by atoms with Crippen LogP contribution in [0, 0.1) is 5.41 Å². The quantitative estimate of drug-likeness (QED) is 0.508. The highest BCUT2D eigenvalue weighted by Crippen LogP contribution is 2.48. The van der Waals surface area contributed by atoms with E-state index in [4.69, 9.17) is 4.74 Å². The standard InChI is InChI=1S/C12H18O2/c1-5-7-12(8-6-2)11(3,4)9-10(13)14-12/h5-6H,1-2,7-9H2,3-4H3. The lowest BCUT2D eigenvalue weighted by molar-refractivity contribution is -0.150. The third-order valence-corrected chi connectivity index (χ3v) is 3.08. The van der Waals surface area contributed by atoms with Gasteiger partial charge < -0.3 is 4.74 Å². The molecule has 0 aromatic heterocycles. The van der Waals surface area contributed by atoms with Gasteiger partial charge in [0.1, 0.15) is 5.60 Å². The van der Waals surface area contributed by atoms with Crippen molar-refractivity contribution in [3.8, 4) is 0 Å². The number of esters is 1. The van der Waals surface area contributed by atoms with E-state index in [0.717, 1.165) is 0 Å². The molecule has 0 radical (unpaired) electrons. The van der Waals surface area contributed by atoms with Crippen LogP contribution in [0.4, 0.5) is 0 Å². The van der Waals surface area contributed by atoms with Crippen LogP contribution in [-0.2, 0) is 9.53 Å². The van der Waals surface area contributed by atoms with Gasteiger partial charge in [-0.15, -0.1) is 13.2 Å². The first-order chi connectivity index (χ1) is 6.47. The molecule has 14 heavy (non-hydrogen) atoms. The summed E-state index contributed by atoms with van der Waals surface area (Å²) in [5.74, 6) is -0.112. The summed E-state index contributed by atoms with van der Waals surface area (Å²) in [6.07, 6.45) is 5.48. The van der Waals surface area contributed by atoms with E-state index in [1.165, 1.54) is 0 Å². The van der Waals surface area contributed by atoms with E-state index < -0.39 is 5.60 Å². The van der Waals surface area contributed by atoms with E-state index in [0.29, 0.717) is 19.3 Å². The highest BCUT2D eigenvalue weighted by Gasteiger charge is 2.53. The smallest absolute Gasteiger partial charge is 0.307 e. The molecule has 1 saturated heterocycles. The predicted molar refractivity (Wildman–Crippen MR) is 56.8 cm³/mol. The molecule has 1 rings (SSSR count). The van der Waals surface area contributed by atoms with Gasteiger partial charge in [0, 0.05) is 18.3 Å². The molecule has 1 aliphatic heterocycles. The third kappa shape index (κ3) is 1.61. The first-order valence-electron chi connectivity index (χ1n) is 4.91. The van der Waals surface area contributed by atoms with Gasteiger partial charge in [-0.2, -0.15) is 0 Å². The van der Waals surface area contributed by atoms with Gasteiger partial charge in [0.2, 0.25) is 0 Å². The molecular formula is C12H18O2. The highest BCUT2D eigenvalue weighted by atomic mass is 16.6. The number of cyclic esters (lactones) is 1. The Labute approximate surface area is 85.6 Å². The summed E-state index contributed by atoms with van der Waals surface area (Å²) in [5.41, 5.74) is -0.556. The van der Waals surface area contributed by atoms with Crippen LogP contribution in [0.1, 0.15) is 33.1 Å². The molecule has 0 aromatic carbocycles. The molecule has 0 saturated carbocycles. The Hall–Kier alpha value is -1.05. The Morgan fingerprint density at radius 3 is 2.14 bits per heavy atom. The highest BCUT2D eigenvalue weighted by molar-refractivity contribution is 5.74. The second-order valence-electron chi connectivity index (χ2n) is 4.51. The molecule has 0 amide bonds. The minimum absolute atomic E-state index is 0.112. The van der Waals surface area contributed by atoms with Gasteiger partial charge in [-0.25, -0.2) is 0 Å². The maximum Gasteiger partial charge on any atom is 0.307 e. The molecule has 0 atom stereocenters. The fraction of sp³-hybridized carbons (Fsp3) is 0.583. The second kappa shape index (κ2) is 3.60. The van der Waals surface area contributed by atoms with Gasteiger partial charge in [0.15, 0.2) is 0 Å². The molecule has 78 valence electrons. The molecule has 1 aliphatic rings. The lowest BCUT2D eigenvalue weighted by Crippen LogP contribution is -2.40. The van der Waals surface area contributed by atoms with Crippen molar-refractivity contribution in [2.24, 2.45) is 5.41 Å². The van der Waals surface area contributed by atoms with E-state index in [9.17, 15) is 4.79 Å². The lowest BCUT2D eigenvalue weighted by atomic mass is 9.71. The summed E-state index contributed by atoms with van der Waals surface area (Å²) in [6, 6.07) is 0. The molecule has 0 N–H and O–H groups in total. The monoisotopic (exact) mass is 194 g/mol. The lowest BCUT2D eigenvalue weighted by Gasteiger charge is -2.37. The number of hydrogen-bond donors (Lipinski definition) is 0. The van der Waals surface area contributed by atoms with Crippen LogP contribution in [0.3, 0.4) is 0 Å². The van der Waals surface area contributed by atoms with Crippen molar-refractivity contribution >= 4 is 5.97 Å². The zero-order valence-corrected chi connectivity index (χ0v) is 9.01. The molecular weight excluding hydrogens is 176 g/mol. The van der Waals surface area contributed by atoms with Crippen LogP contribution in [-0.4, -0.2) is 11.6 Å². The van der Waals surface area contributed by atoms with Crippen molar-refractivity contribution in [3.05, 3.63) is 25.3 Å². The Morgan fingerprint density at radius 1 is 1.36 bits per heavy atom. The number of hydrogen-bond acceptors (Lipinski definition) is 2. The van der Waals surface area contributed by atoms with Crippen LogP contribution in [0.5, 0.6) is 0 Å². The molecule has 0 spiro atoms. The number of rotatable bonds is 4. The SMILES string of the molecule is C=CCC1(CC=C)OC(=O)CC1(C)C. The average Bonchev–Trinajstić information content (AvgIpc) is 2.22. The predicted octanol–water partition coefficient (Wildman–Crippen LogP) is 2.85. The van der Waals surface area contributed by atoms with Crippen LogP contribution in [0.25, 0.3) is 0 Å². The molecule has 0 bridgehead atoms. The molecule has 2 heteroatoms. The molecule has 2 nitrogen and oxygen atoms in total. The van der Waals surface area contributed by atoms with Gasteiger partial charge in [0.05, 0.1) is 6.42 Å². The fourth-order valence-corrected chi connectivity index (χ4v) is 2.10. The first kappa shape index (κ1) is 11.0. The second-order valence-corrected chi connectivity index (χ2v) is 4.51. The maximum absolute atomic E-state index is 11.3. The fourth-order valence-electron chi connectivity index (χ4n) is 2.10. The minimum Gasteiger partial charge on any atom is -0.458 e. The summed E-state index contributed by atoms with van der Waals surface area (Å²) < 4.78 is 5.46. The summed E-state index contributed by atoms with van der Waals surface area (Å²) in [6.45, 7) is 11.6. The van der Waals surface area contributed by atoms with Crippen LogP contribution in [0.2, 0.25) is 0 Å². The van der Waals surface area contributed by atoms with Gasteiger partial charge >= 0.3 is 5.97 Å². The van der Waals surface area contributed by atoms with Crippen molar-refractivity contribution in [1.29, 1.82) is 0 Å². The minimum atomic E-state index is -0.423. The topological polar surface area (TPSA) is 26.3 Å². The Morgan fingerprint density at radius 2 is 1.86 bits per heavy atom. The zero-order chi connectivity index (χ0) is 10.8. The molecule has 1 heterocycles. The number of carbonyl (C=O) groups is 1. The number of ether oxygens (including phenoxy) is 1. The van der Waals surface area contributed by atoms with E-state index in [1.807, 2.05) is 12.2 Å². The van der Waals surface area contributed by atoms with E-state index >= 15 is 0 Å². The average molecular weight is 194 g/mol. The Bertz CT molecular complexity index is 253. The van der Waals surface area contributed by atoms with Crippen LogP contribution >= 0.6 is 0 Å².